The van der Waals surface area contributed by atoms with Gasteiger partial charge in [-0.15, -0.1) is 11.3 Å². The molecule has 1 aromatic carbocycles. The van der Waals surface area contributed by atoms with Crippen LogP contribution in [0.3, 0.4) is 0 Å². The molecule has 2 heterocycles. The highest BCUT2D eigenvalue weighted by atomic mass is 35.5. The van der Waals surface area contributed by atoms with Gasteiger partial charge in [0.15, 0.2) is 0 Å². The second kappa shape index (κ2) is 7.46. The van der Waals surface area contributed by atoms with Gasteiger partial charge in [-0.05, 0) is 37.1 Å². The van der Waals surface area contributed by atoms with Gasteiger partial charge in [0.1, 0.15) is 10.7 Å². The lowest BCUT2D eigenvalue weighted by Gasteiger charge is -2.13. The van der Waals surface area contributed by atoms with Gasteiger partial charge in [0.2, 0.25) is 0 Å². The summed E-state index contributed by atoms with van der Waals surface area (Å²) in [5, 5.41) is 1.85. The van der Waals surface area contributed by atoms with Crippen molar-refractivity contribution in [1.29, 1.82) is 0 Å². The van der Waals surface area contributed by atoms with Gasteiger partial charge in [0.25, 0.3) is 5.56 Å². The highest BCUT2D eigenvalue weighted by Crippen LogP contribution is 2.28. The summed E-state index contributed by atoms with van der Waals surface area (Å²) in [6, 6.07) is 5.36. The number of hydrogen-bond acceptors (Lipinski definition) is 4. The van der Waals surface area contributed by atoms with Gasteiger partial charge in [-0.25, -0.2) is 4.98 Å². The van der Waals surface area contributed by atoms with Crippen molar-refractivity contribution in [3.63, 3.8) is 0 Å². The number of benzene rings is 1. The third-order valence-electron chi connectivity index (χ3n) is 4.25. The fourth-order valence-electron chi connectivity index (χ4n) is 2.75. The van der Waals surface area contributed by atoms with E-state index in [4.69, 9.17) is 32.9 Å². The second-order valence-electron chi connectivity index (χ2n) is 5.85. The number of thiophene rings is 1. The van der Waals surface area contributed by atoms with Crippen LogP contribution >= 0.6 is 34.5 Å². The van der Waals surface area contributed by atoms with Crippen molar-refractivity contribution < 1.29 is 4.74 Å². The molecule has 0 atom stereocenters. The molecule has 0 aliphatic heterocycles. The molecule has 132 valence electrons. The second-order valence-corrected chi connectivity index (χ2v) is 7.90. The molecule has 0 N–H and O–H groups in total. The summed E-state index contributed by atoms with van der Waals surface area (Å²) < 4.78 is 6.85. The minimum atomic E-state index is -0.0241. The van der Waals surface area contributed by atoms with E-state index < -0.39 is 0 Å². The van der Waals surface area contributed by atoms with E-state index in [2.05, 4.69) is 0 Å². The molecule has 0 aliphatic rings. The molecule has 0 radical (unpaired) electrons. The normalized spacial score (nSPS) is 11.4. The van der Waals surface area contributed by atoms with Gasteiger partial charge in [-0.2, -0.15) is 0 Å². The molecule has 0 fully saturated rings. The molecule has 7 heteroatoms. The predicted octanol–water partition coefficient (Wildman–Crippen LogP) is 4.62. The average molecular weight is 397 g/mol. The smallest absolute Gasteiger partial charge is 0.262 e. The van der Waals surface area contributed by atoms with Crippen LogP contribution in [0.2, 0.25) is 10.0 Å². The third kappa shape index (κ3) is 3.60. The zero-order valence-corrected chi connectivity index (χ0v) is 16.6. The van der Waals surface area contributed by atoms with Crippen LogP contribution in [0, 0.1) is 13.8 Å². The van der Waals surface area contributed by atoms with Gasteiger partial charge in [0.05, 0.1) is 18.5 Å². The molecule has 0 aliphatic carbocycles. The molecule has 0 unspecified atom stereocenters. The predicted molar refractivity (Wildman–Crippen MR) is 104 cm³/mol. The fourth-order valence-corrected chi connectivity index (χ4v) is 4.27. The molecule has 4 nitrogen and oxygen atoms in total. The Labute approximate surface area is 160 Å². The molecule has 0 bridgehead atoms. The Morgan fingerprint density at radius 2 is 2.04 bits per heavy atom. The lowest BCUT2D eigenvalue weighted by atomic mass is 10.1. The first kappa shape index (κ1) is 18.4. The number of hydrogen-bond donors (Lipinski definition) is 0. The van der Waals surface area contributed by atoms with Crippen molar-refractivity contribution in [3.8, 4) is 0 Å². The summed E-state index contributed by atoms with van der Waals surface area (Å²) in [7, 11) is 1.62. The van der Waals surface area contributed by atoms with Crippen molar-refractivity contribution in [2.24, 2.45) is 0 Å². The van der Waals surface area contributed by atoms with Crippen LogP contribution in [-0.4, -0.2) is 23.3 Å². The number of aryl methyl sites for hydroxylation is 2. The number of aromatic nitrogens is 2. The topological polar surface area (TPSA) is 44.1 Å². The summed E-state index contributed by atoms with van der Waals surface area (Å²) in [6.45, 7) is 4.87. The van der Waals surface area contributed by atoms with E-state index in [9.17, 15) is 4.79 Å². The molecule has 0 amide bonds. The molecule has 25 heavy (non-hydrogen) atoms. The molecule has 0 spiro atoms. The van der Waals surface area contributed by atoms with Crippen LogP contribution < -0.4 is 5.56 Å². The van der Waals surface area contributed by atoms with Crippen LogP contribution in [0.4, 0.5) is 0 Å². The Morgan fingerprint density at radius 3 is 2.72 bits per heavy atom. The summed E-state index contributed by atoms with van der Waals surface area (Å²) in [5.74, 6) is 0.681. The van der Waals surface area contributed by atoms with Crippen molar-refractivity contribution in [1.82, 2.24) is 9.55 Å². The lowest BCUT2D eigenvalue weighted by Crippen LogP contribution is -2.27. The number of rotatable bonds is 5. The maximum Gasteiger partial charge on any atom is 0.262 e. The first-order valence-electron chi connectivity index (χ1n) is 7.84. The van der Waals surface area contributed by atoms with E-state index in [-0.39, 0.29) is 5.56 Å². The third-order valence-corrected chi connectivity index (χ3v) is 5.94. The Bertz CT molecular complexity index is 995. The summed E-state index contributed by atoms with van der Waals surface area (Å²) >= 11 is 13.8. The van der Waals surface area contributed by atoms with Crippen LogP contribution in [-0.2, 0) is 17.7 Å². The van der Waals surface area contributed by atoms with Crippen LogP contribution in [0.5, 0.6) is 0 Å². The zero-order chi connectivity index (χ0) is 18.1. The van der Waals surface area contributed by atoms with E-state index >= 15 is 0 Å². The number of halogens is 2. The maximum atomic E-state index is 13.0. The highest BCUT2D eigenvalue weighted by Gasteiger charge is 2.17. The van der Waals surface area contributed by atoms with Crippen LogP contribution in [0.25, 0.3) is 10.2 Å². The summed E-state index contributed by atoms with van der Waals surface area (Å²) in [4.78, 5) is 19.7. The molecule has 3 rings (SSSR count). The van der Waals surface area contributed by atoms with Gasteiger partial charge in [-0.3, -0.25) is 9.36 Å². The van der Waals surface area contributed by atoms with E-state index in [0.29, 0.717) is 40.8 Å². The standard InChI is InChI=1S/C18H18Cl2N2O2S/c1-10-11(2)25-17-16(10)18(23)22(6-7-24-3)15(21-17)8-12-4-5-13(19)9-14(12)20/h4-5,9H,6-8H2,1-3H3. The first-order chi connectivity index (χ1) is 11.9. The summed E-state index contributed by atoms with van der Waals surface area (Å²) in [6.07, 6.45) is 0.459. The molecule has 3 aromatic rings. The minimum absolute atomic E-state index is 0.0241. The van der Waals surface area contributed by atoms with Gasteiger partial charge >= 0.3 is 0 Å². The largest absolute Gasteiger partial charge is 0.383 e. The zero-order valence-electron chi connectivity index (χ0n) is 14.2. The number of ether oxygens (including phenoxy) is 1. The van der Waals surface area contributed by atoms with Gasteiger partial charge in [-0.1, -0.05) is 29.3 Å². The number of fused-ring (bicyclic) bond motifs is 1. The number of nitrogens with zero attached hydrogens (tertiary/aromatic N) is 2. The Balaban J connectivity index is 2.16. The molecule has 0 saturated heterocycles. The monoisotopic (exact) mass is 396 g/mol. The maximum absolute atomic E-state index is 13.0. The van der Waals surface area contributed by atoms with Crippen molar-refractivity contribution in [2.45, 2.75) is 26.8 Å². The molecule has 0 saturated carbocycles. The molecule has 2 aromatic heterocycles. The van der Waals surface area contributed by atoms with Crippen molar-refractivity contribution in [2.75, 3.05) is 13.7 Å². The lowest BCUT2D eigenvalue weighted by molar-refractivity contribution is 0.185. The SMILES string of the molecule is COCCn1c(Cc2ccc(Cl)cc2Cl)nc2sc(C)c(C)c2c1=O. The highest BCUT2D eigenvalue weighted by molar-refractivity contribution is 7.18. The summed E-state index contributed by atoms with van der Waals surface area (Å²) in [5.41, 5.74) is 1.86. The first-order valence-corrected chi connectivity index (χ1v) is 9.42. The van der Waals surface area contributed by atoms with E-state index in [0.717, 1.165) is 20.8 Å². The van der Waals surface area contributed by atoms with Crippen molar-refractivity contribution in [3.05, 3.63) is 60.4 Å². The van der Waals surface area contributed by atoms with E-state index in [1.54, 1.807) is 35.1 Å². The average Bonchev–Trinajstić information content (AvgIpc) is 2.84. The Morgan fingerprint density at radius 1 is 1.28 bits per heavy atom. The van der Waals surface area contributed by atoms with Gasteiger partial charge in [0, 0.05) is 28.5 Å². The van der Waals surface area contributed by atoms with Crippen LogP contribution in [0.15, 0.2) is 23.0 Å². The molecular formula is C18H18Cl2N2O2S. The Hall–Kier alpha value is -1.40. The molecular weight excluding hydrogens is 379 g/mol. The fraction of sp³-hybridized carbons (Fsp3) is 0.333. The van der Waals surface area contributed by atoms with Crippen molar-refractivity contribution >= 4 is 44.8 Å². The van der Waals surface area contributed by atoms with E-state index in [1.165, 1.54) is 0 Å². The van der Waals surface area contributed by atoms with E-state index in [1.807, 2.05) is 19.9 Å². The Kier molecular flexibility index (Phi) is 5.49. The van der Waals surface area contributed by atoms with Crippen LogP contribution in [0.1, 0.15) is 21.8 Å². The quantitative estimate of drug-likeness (QED) is 0.631. The number of methoxy groups -OCH3 is 1. The minimum Gasteiger partial charge on any atom is -0.383 e. The van der Waals surface area contributed by atoms with Gasteiger partial charge < -0.3 is 4.74 Å².